The molecule has 100 valence electrons. The molecule has 2 rings (SSSR count). The molecule has 0 aromatic heterocycles. The summed E-state index contributed by atoms with van der Waals surface area (Å²) in [6.45, 7) is 8.41. The van der Waals surface area contributed by atoms with Gasteiger partial charge in [0.1, 0.15) is 0 Å². The summed E-state index contributed by atoms with van der Waals surface area (Å²) in [5.41, 5.74) is 0.132. The molecular formula is C14H28N2O. The molecule has 0 N–H and O–H groups in total. The number of hydrogen-bond acceptors (Lipinski definition) is 3. The standard InChI is InChI=1S/C14H28N2O/c1-13-4-8-16(9-5-13)12-14(17-3)6-10-15(2)11-7-14/h13H,4-12H2,1-3H3. The topological polar surface area (TPSA) is 15.7 Å². The fourth-order valence-electron chi connectivity index (χ4n) is 3.08. The van der Waals surface area contributed by atoms with Crippen molar-refractivity contribution < 1.29 is 4.74 Å². The molecule has 0 amide bonds. The number of methoxy groups -OCH3 is 1. The Morgan fingerprint density at radius 2 is 1.71 bits per heavy atom. The molecule has 3 nitrogen and oxygen atoms in total. The van der Waals surface area contributed by atoms with E-state index in [9.17, 15) is 0 Å². The van der Waals surface area contributed by atoms with Crippen LogP contribution in [0.15, 0.2) is 0 Å². The maximum Gasteiger partial charge on any atom is 0.0829 e. The van der Waals surface area contributed by atoms with Crippen LogP contribution in [0.5, 0.6) is 0 Å². The van der Waals surface area contributed by atoms with E-state index < -0.39 is 0 Å². The minimum Gasteiger partial charge on any atom is -0.377 e. The summed E-state index contributed by atoms with van der Waals surface area (Å²) in [5.74, 6) is 0.919. The van der Waals surface area contributed by atoms with Gasteiger partial charge in [-0.05, 0) is 51.7 Å². The average molecular weight is 240 g/mol. The average Bonchev–Trinajstić information content (AvgIpc) is 2.35. The van der Waals surface area contributed by atoms with E-state index in [0.29, 0.717) is 0 Å². The summed E-state index contributed by atoms with van der Waals surface area (Å²) in [4.78, 5) is 5.03. The van der Waals surface area contributed by atoms with Crippen molar-refractivity contribution in [3.8, 4) is 0 Å². The van der Waals surface area contributed by atoms with Gasteiger partial charge in [-0.3, -0.25) is 0 Å². The Morgan fingerprint density at radius 3 is 2.24 bits per heavy atom. The first-order chi connectivity index (χ1) is 8.13. The highest BCUT2D eigenvalue weighted by atomic mass is 16.5. The molecule has 0 aromatic carbocycles. The van der Waals surface area contributed by atoms with Crippen molar-refractivity contribution >= 4 is 0 Å². The SMILES string of the molecule is COC1(CN2CCC(C)CC2)CCN(C)CC1. The Kier molecular flexibility index (Phi) is 4.45. The molecule has 2 aliphatic heterocycles. The minimum atomic E-state index is 0.132. The van der Waals surface area contributed by atoms with Gasteiger partial charge in [0.25, 0.3) is 0 Å². The number of likely N-dealkylation sites (tertiary alicyclic amines) is 2. The van der Waals surface area contributed by atoms with Gasteiger partial charge < -0.3 is 14.5 Å². The predicted molar refractivity (Wildman–Crippen MR) is 71.3 cm³/mol. The van der Waals surface area contributed by atoms with Crippen molar-refractivity contribution in [3.63, 3.8) is 0 Å². The van der Waals surface area contributed by atoms with E-state index in [4.69, 9.17) is 4.74 Å². The van der Waals surface area contributed by atoms with Gasteiger partial charge in [0.2, 0.25) is 0 Å². The third-order valence-electron chi connectivity index (χ3n) is 4.72. The van der Waals surface area contributed by atoms with Crippen molar-refractivity contribution in [2.45, 2.75) is 38.2 Å². The van der Waals surface area contributed by atoms with Gasteiger partial charge in [-0.1, -0.05) is 6.92 Å². The second-order valence-electron chi connectivity index (χ2n) is 6.15. The lowest BCUT2D eigenvalue weighted by atomic mass is 9.89. The highest BCUT2D eigenvalue weighted by Crippen LogP contribution is 2.28. The van der Waals surface area contributed by atoms with Crippen molar-refractivity contribution in [2.75, 3.05) is 46.9 Å². The summed E-state index contributed by atoms with van der Waals surface area (Å²) in [5, 5.41) is 0. The van der Waals surface area contributed by atoms with E-state index in [1.54, 1.807) is 0 Å². The van der Waals surface area contributed by atoms with Crippen LogP contribution in [-0.4, -0.2) is 62.3 Å². The van der Waals surface area contributed by atoms with Crippen molar-refractivity contribution in [1.29, 1.82) is 0 Å². The van der Waals surface area contributed by atoms with Gasteiger partial charge in [-0.25, -0.2) is 0 Å². The smallest absolute Gasteiger partial charge is 0.0829 e. The van der Waals surface area contributed by atoms with E-state index in [1.807, 2.05) is 7.11 Å². The van der Waals surface area contributed by atoms with Crippen LogP contribution in [0.1, 0.15) is 32.6 Å². The summed E-state index contributed by atoms with van der Waals surface area (Å²) >= 11 is 0. The molecule has 17 heavy (non-hydrogen) atoms. The fourth-order valence-corrected chi connectivity index (χ4v) is 3.08. The zero-order valence-corrected chi connectivity index (χ0v) is 11.7. The lowest BCUT2D eigenvalue weighted by Crippen LogP contribution is -2.52. The van der Waals surface area contributed by atoms with Gasteiger partial charge in [0.05, 0.1) is 5.60 Å². The monoisotopic (exact) mass is 240 g/mol. The molecule has 0 aromatic rings. The lowest BCUT2D eigenvalue weighted by molar-refractivity contribution is -0.0768. The maximum absolute atomic E-state index is 5.89. The van der Waals surface area contributed by atoms with Crippen LogP contribution in [0.4, 0.5) is 0 Å². The Hall–Kier alpha value is -0.120. The zero-order valence-electron chi connectivity index (χ0n) is 11.7. The van der Waals surface area contributed by atoms with E-state index in [0.717, 1.165) is 12.5 Å². The van der Waals surface area contributed by atoms with E-state index in [1.165, 1.54) is 51.9 Å². The predicted octanol–water partition coefficient (Wildman–Crippen LogP) is 1.83. The van der Waals surface area contributed by atoms with Gasteiger partial charge in [0, 0.05) is 26.7 Å². The number of hydrogen-bond donors (Lipinski definition) is 0. The van der Waals surface area contributed by atoms with Crippen LogP contribution in [0.3, 0.4) is 0 Å². The molecule has 0 aliphatic carbocycles. The van der Waals surface area contributed by atoms with Gasteiger partial charge in [-0.15, -0.1) is 0 Å². The second-order valence-corrected chi connectivity index (χ2v) is 6.15. The number of nitrogens with zero attached hydrogens (tertiary/aromatic N) is 2. The van der Waals surface area contributed by atoms with Crippen LogP contribution in [0, 0.1) is 5.92 Å². The van der Waals surface area contributed by atoms with Crippen molar-refractivity contribution in [3.05, 3.63) is 0 Å². The Morgan fingerprint density at radius 1 is 1.12 bits per heavy atom. The molecule has 3 heteroatoms. The molecule has 0 radical (unpaired) electrons. The Balaban J connectivity index is 1.86. The molecule has 0 spiro atoms. The lowest BCUT2D eigenvalue weighted by Gasteiger charge is -2.44. The summed E-state index contributed by atoms with van der Waals surface area (Å²) < 4.78 is 5.89. The fraction of sp³-hybridized carbons (Fsp3) is 1.00. The highest BCUT2D eigenvalue weighted by molar-refractivity contribution is 4.90. The van der Waals surface area contributed by atoms with Crippen LogP contribution in [0.2, 0.25) is 0 Å². The number of piperidine rings is 2. The molecule has 0 bridgehead atoms. The van der Waals surface area contributed by atoms with Gasteiger partial charge in [-0.2, -0.15) is 0 Å². The van der Waals surface area contributed by atoms with Gasteiger partial charge >= 0.3 is 0 Å². The first-order valence-electron chi connectivity index (χ1n) is 7.10. The molecule has 0 unspecified atom stereocenters. The summed E-state index contributed by atoms with van der Waals surface area (Å²) in [7, 11) is 4.11. The molecular weight excluding hydrogens is 212 g/mol. The number of ether oxygens (including phenoxy) is 1. The largest absolute Gasteiger partial charge is 0.377 e. The molecule has 2 aliphatic rings. The van der Waals surface area contributed by atoms with E-state index in [-0.39, 0.29) is 5.60 Å². The summed E-state index contributed by atoms with van der Waals surface area (Å²) in [6, 6.07) is 0. The normalized spacial score (nSPS) is 28.4. The van der Waals surface area contributed by atoms with Crippen molar-refractivity contribution in [2.24, 2.45) is 5.92 Å². The molecule has 2 saturated heterocycles. The van der Waals surface area contributed by atoms with Crippen molar-refractivity contribution in [1.82, 2.24) is 9.80 Å². The van der Waals surface area contributed by atoms with E-state index >= 15 is 0 Å². The van der Waals surface area contributed by atoms with Crippen LogP contribution >= 0.6 is 0 Å². The van der Waals surface area contributed by atoms with Crippen LogP contribution < -0.4 is 0 Å². The minimum absolute atomic E-state index is 0.132. The molecule has 0 atom stereocenters. The molecule has 2 heterocycles. The maximum atomic E-state index is 5.89. The van der Waals surface area contributed by atoms with Crippen LogP contribution in [0.25, 0.3) is 0 Å². The van der Waals surface area contributed by atoms with Gasteiger partial charge in [0.15, 0.2) is 0 Å². The Bertz CT molecular complexity index is 228. The van der Waals surface area contributed by atoms with E-state index in [2.05, 4.69) is 23.8 Å². The quantitative estimate of drug-likeness (QED) is 0.748. The molecule has 2 fully saturated rings. The third kappa shape index (κ3) is 3.43. The van der Waals surface area contributed by atoms with Crippen LogP contribution in [-0.2, 0) is 4.74 Å². The Labute approximate surface area is 106 Å². The summed E-state index contributed by atoms with van der Waals surface area (Å²) in [6.07, 6.45) is 5.09. The first kappa shape index (κ1) is 13.3. The highest BCUT2D eigenvalue weighted by Gasteiger charge is 2.35. The molecule has 0 saturated carbocycles. The third-order valence-corrected chi connectivity index (χ3v) is 4.72. The first-order valence-corrected chi connectivity index (χ1v) is 7.10. The zero-order chi connectivity index (χ0) is 12.3. The second kappa shape index (κ2) is 5.68. The number of rotatable bonds is 3.